The molecule has 1 aromatic rings. The molecule has 1 saturated heterocycles. The number of carbonyl (C=O) groups excluding carboxylic acids is 1. The van der Waals surface area contributed by atoms with Crippen molar-refractivity contribution in [3.05, 3.63) is 35.1 Å². The van der Waals surface area contributed by atoms with E-state index in [-0.39, 0.29) is 18.3 Å². The van der Waals surface area contributed by atoms with Crippen LogP contribution in [0.3, 0.4) is 0 Å². The molecule has 0 bridgehead atoms. The van der Waals surface area contributed by atoms with Crippen molar-refractivity contribution in [2.45, 2.75) is 19.4 Å². The average Bonchev–Trinajstić information content (AvgIpc) is 2.67. The summed E-state index contributed by atoms with van der Waals surface area (Å²) in [5.41, 5.74) is 1.59. The van der Waals surface area contributed by atoms with Gasteiger partial charge in [-0.2, -0.15) is 0 Å². The molecule has 1 heterocycles. The molecule has 0 atom stereocenters. The van der Waals surface area contributed by atoms with Gasteiger partial charge in [-0.3, -0.25) is 9.69 Å². The second-order valence-electron chi connectivity index (χ2n) is 4.95. The Labute approximate surface area is 124 Å². The van der Waals surface area contributed by atoms with E-state index < -0.39 is 0 Å². The van der Waals surface area contributed by atoms with Gasteiger partial charge in [0.15, 0.2) is 0 Å². The molecule has 2 N–H and O–H groups in total. The van der Waals surface area contributed by atoms with Crippen LogP contribution in [0.15, 0.2) is 18.2 Å². The normalized spacial score (nSPS) is 15.8. The zero-order valence-corrected chi connectivity index (χ0v) is 11.9. The van der Waals surface area contributed by atoms with Gasteiger partial charge in [0.1, 0.15) is 5.82 Å². The predicted octanol–water partition coefficient (Wildman–Crippen LogP) is 0.882. The SMILES string of the molecule is O=C1CCN(Cc2ccc(F)cc2C#CCCO)CCN1. The number of carbonyl (C=O) groups is 1. The Morgan fingerprint density at radius 1 is 1.38 bits per heavy atom. The van der Waals surface area contributed by atoms with Gasteiger partial charge in [0.25, 0.3) is 0 Å². The van der Waals surface area contributed by atoms with Crippen LogP contribution >= 0.6 is 0 Å². The van der Waals surface area contributed by atoms with Crippen molar-refractivity contribution < 1.29 is 14.3 Å². The molecule has 1 aliphatic heterocycles. The summed E-state index contributed by atoms with van der Waals surface area (Å²) in [6.07, 6.45) is 0.852. The molecule has 1 aliphatic rings. The summed E-state index contributed by atoms with van der Waals surface area (Å²) in [5.74, 6) is 5.48. The highest BCUT2D eigenvalue weighted by Gasteiger charge is 2.14. The number of benzene rings is 1. The minimum Gasteiger partial charge on any atom is -0.395 e. The van der Waals surface area contributed by atoms with Crippen LogP contribution in [0.1, 0.15) is 24.0 Å². The number of rotatable bonds is 3. The molecule has 0 aromatic heterocycles. The predicted molar refractivity (Wildman–Crippen MR) is 77.9 cm³/mol. The first-order valence-corrected chi connectivity index (χ1v) is 7.06. The van der Waals surface area contributed by atoms with Gasteiger partial charge in [-0.25, -0.2) is 4.39 Å². The first-order chi connectivity index (χ1) is 10.2. The van der Waals surface area contributed by atoms with Crippen LogP contribution in [0.25, 0.3) is 0 Å². The summed E-state index contributed by atoms with van der Waals surface area (Å²) in [5, 5.41) is 11.6. The highest BCUT2D eigenvalue weighted by molar-refractivity contribution is 5.76. The number of aliphatic hydroxyl groups excluding tert-OH is 1. The van der Waals surface area contributed by atoms with Gasteiger partial charge in [0.05, 0.1) is 6.61 Å². The molecule has 1 fully saturated rings. The lowest BCUT2D eigenvalue weighted by molar-refractivity contribution is -0.120. The fourth-order valence-corrected chi connectivity index (χ4v) is 2.23. The first kappa shape index (κ1) is 15.5. The van der Waals surface area contributed by atoms with Crippen molar-refractivity contribution in [1.82, 2.24) is 10.2 Å². The van der Waals surface area contributed by atoms with E-state index in [1.807, 2.05) is 0 Å². The second kappa shape index (κ2) is 7.77. The van der Waals surface area contributed by atoms with Crippen LogP contribution < -0.4 is 5.32 Å². The Bertz CT molecular complexity index is 563. The number of nitrogens with one attached hydrogen (secondary N) is 1. The minimum absolute atomic E-state index is 0.00243. The Morgan fingerprint density at radius 2 is 2.24 bits per heavy atom. The van der Waals surface area contributed by atoms with Crippen LogP contribution in [0.5, 0.6) is 0 Å². The highest BCUT2D eigenvalue weighted by atomic mass is 19.1. The van der Waals surface area contributed by atoms with Gasteiger partial charge in [0, 0.05) is 44.6 Å². The maximum absolute atomic E-state index is 13.4. The van der Waals surface area contributed by atoms with Gasteiger partial charge in [-0.1, -0.05) is 17.9 Å². The topological polar surface area (TPSA) is 52.6 Å². The minimum atomic E-state index is -0.320. The van der Waals surface area contributed by atoms with Gasteiger partial charge in [-0.05, 0) is 17.7 Å². The summed E-state index contributed by atoms with van der Waals surface area (Å²) < 4.78 is 13.4. The molecule has 2 rings (SSSR count). The molecule has 0 radical (unpaired) electrons. The third kappa shape index (κ3) is 4.85. The van der Waals surface area contributed by atoms with E-state index in [1.165, 1.54) is 12.1 Å². The number of hydrogen-bond donors (Lipinski definition) is 2. The number of amides is 1. The van der Waals surface area contributed by atoms with Crippen LogP contribution in [0.2, 0.25) is 0 Å². The number of nitrogens with zero attached hydrogens (tertiary/aromatic N) is 1. The van der Waals surface area contributed by atoms with Crippen molar-refractivity contribution in [2.24, 2.45) is 0 Å². The average molecular weight is 290 g/mol. The van der Waals surface area contributed by atoms with E-state index in [1.54, 1.807) is 6.07 Å². The van der Waals surface area contributed by atoms with Gasteiger partial charge in [-0.15, -0.1) is 0 Å². The zero-order chi connectivity index (χ0) is 15.1. The van der Waals surface area contributed by atoms with Crippen LogP contribution in [-0.2, 0) is 11.3 Å². The highest BCUT2D eigenvalue weighted by Crippen LogP contribution is 2.14. The number of hydrogen-bond acceptors (Lipinski definition) is 3. The van der Waals surface area contributed by atoms with E-state index in [0.29, 0.717) is 38.0 Å². The Balaban J connectivity index is 2.11. The number of aliphatic hydroxyl groups is 1. The molecule has 1 aromatic carbocycles. The summed E-state index contributed by atoms with van der Waals surface area (Å²) in [7, 11) is 0. The van der Waals surface area contributed by atoms with E-state index in [0.717, 1.165) is 12.1 Å². The van der Waals surface area contributed by atoms with E-state index in [9.17, 15) is 9.18 Å². The fraction of sp³-hybridized carbons (Fsp3) is 0.438. The lowest BCUT2D eigenvalue weighted by Gasteiger charge is -2.19. The fourth-order valence-electron chi connectivity index (χ4n) is 2.23. The molecule has 0 unspecified atom stereocenters. The van der Waals surface area contributed by atoms with Gasteiger partial charge in [0.2, 0.25) is 5.91 Å². The van der Waals surface area contributed by atoms with Gasteiger partial charge >= 0.3 is 0 Å². The van der Waals surface area contributed by atoms with Crippen LogP contribution in [0.4, 0.5) is 4.39 Å². The maximum Gasteiger partial charge on any atom is 0.221 e. The summed E-state index contributed by atoms with van der Waals surface area (Å²) in [6, 6.07) is 4.58. The summed E-state index contributed by atoms with van der Waals surface area (Å²) in [4.78, 5) is 13.5. The molecular weight excluding hydrogens is 271 g/mol. The van der Waals surface area contributed by atoms with Crippen LogP contribution in [0, 0.1) is 17.7 Å². The van der Waals surface area contributed by atoms with Crippen molar-refractivity contribution in [1.29, 1.82) is 0 Å². The standard InChI is InChI=1S/C16H19FN2O2/c17-15-5-4-14(13(11-15)3-1-2-10-20)12-19-8-6-16(21)18-7-9-19/h4-5,11,20H,2,6-10,12H2,(H,18,21). The van der Waals surface area contributed by atoms with E-state index in [4.69, 9.17) is 5.11 Å². The quantitative estimate of drug-likeness (QED) is 0.813. The second-order valence-corrected chi connectivity index (χ2v) is 4.95. The van der Waals surface area contributed by atoms with Crippen molar-refractivity contribution in [2.75, 3.05) is 26.2 Å². The zero-order valence-electron chi connectivity index (χ0n) is 11.9. The lowest BCUT2D eigenvalue weighted by atomic mass is 10.1. The summed E-state index contributed by atoms with van der Waals surface area (Å²) >= 11 is 0. The van der Waals surface area contributed by atoms with Crippen molar-refractivity contribution in [3.63, 3.8) is 0 Å². The monoisotopic (exact) mass is 290 g/mol. The number of halogens is 1. The molecule has 0 spiro atoms. The third-order valence-electron chi connectivity index (χ3n) is 3.33. The van der Waals surface area contributed by atoms with Crippen molar-refractivity contribution in [3.8, 4) is 11.8 Å². The maximum atomic E-state index is 13.4. The Kier molecular flexibility index (Phi) is 5.73. The molecule has 1 amide bonds. The van der Waals surface area contributed by atoms with Crippen molar-refractivity contribution >= 4 is 5.91 Å². The third-order valence-corrected chi connectivity index (χ3v) is 3.33. The van der Waals surface area contributed by atoms with Crippen LogP contribution in [-0.4, -0.2) is 42.2 Å². The molecule has 5 heteroatoms. The summed E-state index contributed by atoms with van der Waals surface area (Å²) in [6.45, 7) is 2.72. The van der Waals surface area contributed by atoms with E-state index in [2.05, 4.69) is 22.1 Å². The largest absolute Gasteiger partial charge is 0.395 e. The molecule has 0 saturated carbocycles. The molecule has 4 nitrogen and oxygen atoms in total. The molecular formula is C16H19FN2O2. The smallest absolute Gasteiger partial charge is 0.221 e. The lowest BCUT2D eigenvalue weighted by Crippen LogP contribution is -2.28. The van der Waals surface area contributed by atoms with E-state index >= 15 is 0 Å². The van der Waals surface area contributed by atoms with Gasteiger partial charge < -0.3 is 10.4 Å². The first-order valence-electron chi connectivity index (χ1n) is 7.06. The molecule has 0 aliphatic carbocycles. The Hall–Kier alpha value is -1.90. The molecule has 21 heavy (non-hydrogen) atoms. The Morgan fingerprint density at radius 3 is 3.05 bits per heavy atom. The molecule has 112 valence electrons.